The number of halogens is 3. The summed E-state index contributed by atoms with van der Waals surface area (Å²) in [6.07, 6.45) is 0. The molecule has 0 amide bonds. The summed E-state index contributed by atoms with van der Waals surface area (Å²) in [6.45, 7) is 0. The van der Waals surface area contributed by atoms with Crippen molar-refractivity contribution in [3.8, 4) is 0 Å². The normalized spacial score (nSPS) is 10.8. The van der Waals surface area contributed by atoms with Gasteiger partial charge in [-0.1, -0.05) is 24.3 Å². The molecule has 0 bridgehead atoms. The Bertz CT molecular complexity index is 422. The third kappa shape index (κ3) is 2.77. The lowest BCUT2D eigenvalue weighted by Gasteiger charge is -2.10. The minimum Gasteiger partial charge on any atom is -0.207 e. The van der Waals surface area contributed by atoms with Crippen molar-refractivity contribution in [3.05, 3.63) is 60.2 Å². The van der Waals surface area contributed by atoms with Crippen LogP contribution in [-0.4, -0.2) is 0 Å². The van der Waals surface area contributed by atoms with Gasteiger partial charge in [0, 0.05) is 5.56 Å². The first-order valence-corrected chi connectivity index (χ1v) is 8.76. The predicted octanol–water partition coefficient (Wildman–Crippen LogP) is 3.75. The van der Waals surface area contributed by atoms with E-state index in [-0.39, 0.29) is 11.6 Å². The maximum atomic E-state index is 12.8. The smallest absolute Gasteiger partial charge is 0.123 e. The Morgan fingerprint density at radius 1 is 0.688 bits per heavy atom. The molecular formula is C12H8F2IP. The van der Waals surface area contributed by atoms with Crippen molar-refractivity contribution in [2.24, 2.45) is 0 Å². The quantitative estimate of drug-likeness (QED) is 0.573. The fraction of sp³-hybridized carbons (Fsp3) is 0. The van der Waals surface area contributed by atoms with Crippen molar-refractivity contribution in [2.75, 3.05) is 0 Å². The summed E-state index contributed by atoms with van der Waals surface area (Å²) in [5.74, 6) is -0.467. The maximum Gasteiger partial charge on any atom is 0.123 e. The Morgan fingerprint density at radius 3 is 1.31 bits per heavy atom. The van der Waals surface area contributed by atoms with Gasteiger partial charge in [0.15, 0.2) is 0 Å². The predicted molar refractivity (Wildman–Crippen MR) is 73.0 cm³/mol. The van der Waals surface area contributed by atoms with Crippen molar-refractivity contribution in [3.63, 3.8) is 0 Å². The van der Waals surface area contributed by atoms with E-state index in [0.29, 0.717) is 0 Å². The van der Waals surface area contributed by atoms with Crippen LogP contribution < -0.4 is 10.6 Å². The Kier molecular flexibility index (Phi) is 3.87. The average Bonchev–Trinajstić information content (AvgIpc) is 2.30. The molecule has 82 valence electrons. The lowest BCUT2D eigenvalue weighted by Crippen LogP contribution is -2.07. The van der Waals surface area contributed by atoms with E-state index in [2.05, 4.69) is 22.0 Å². The number of benzene rings is 2. The molecule has 2 aromatic carbocycles. The molecule has 0 aliphatic carbocycles. The largest absolute Gasteiger partial charge is 0.207 e. The fourth-order valence-corrected chi connectivity index (χ4v) is 4.34. The first kappa shape index (κ1) is 11.9. The molecule has 4 heteroatoms. The van der Waals surface area contributed by atoms with E-state index in [1.165, 1.54) is 24.3 Å². The minimum atomic E-state index is -0.559. The molecule has 0 unspecified atom stereocenters. The topological polar surface area (TPSA) is 0 Å². The summed E-state index contributed by atoms with van der Waals surface area (Å²) >= 11 is 2.32. The molecule has 16 heavy (non-hydrogen) atoms. The number of hydrogen-bond acceptors (Lipinski definition) is 0. The molecule has 0 saturated heterocycles. The lowest BCUT2D eigenvalue weighted by atomic mass is 10.3. The molecule has 0 radical (unpaired) electrons. The Labute approximate surface area is 107 Å². The highest BCUT2D eigenvalue weighted by Crippen LogP contribution is 2.42. The second-order valence-corrected chi connectivity index (χ2v) is 7.72. The standard InChI is InChI=1S/C12H8F2IP/c13-9-1-5-11(6-2-9)16(15)12-7-3-10(14)4-8-12/h1-8H. The van der Waals surface area contributed by atoms with Crippen molar-refractivity contribution >= 4 is 38.2 Å². The van der Waals surface area contributed by atoms with Gasteiger partial charge >= 0.3 is 0 Å². The van der Waals surface area contributed by atoms with Crippen molar-refractivity contribution in [1.29, 1.82) is 0 Å². The first-order valence-electron chi connectivity index (χ1n) is 4.64. The van der Waals surface area contributed by atoms with Crippen LogP contribution >= 0.6 is 27.6 Å². The molecule has 0 aromatic heterocycles. The second kappa shape index (κ2) is 5.19. The zero-order valence-electron chi connectivity index (χ0n) is 8.20. The summed E-state index contributed by atoms with van der Waals surface area (Å²) in [6, 6.07) is 12.9. The summed E-state index contributed by atoms with van der Waals surface area (Å²) in [5.41, 5.74) is -0.559. The van der Waals surface area contributed by atoms with Crippen LogP contribution in [-0.2, 0) is 0 Å². The van der Waals surface area contributed by atoms with Crippen LogP contribution in [0.5, 0.6) is 0 Å². The van der Waals surface area contributed by atoms with E-state index in [1.54, 1.807) is 24.3 Å². The summed E-state index contributed by atoms with van der Waals surface area (Å²) in [7, 11) is 0. The van der Waals surface area contributed by atoms with Crippen LogP contribution in [0.1, 0.15) is 0 Å². The molecule has 0 fully saturated rings. The van der Waals surface area contributed by atoms with Crippen molar-refractivity contribution in [1.82, 2.24) is 0 Å². The highest BCUT2D eigenvalue weighted by atomic mass is 127. The molecule has 2 aromatic rings. The maximum absolute atomic E-state index is 12.8. The molecule has 0 aliphatic rings. The Morgan fingerprint density at radius 2 is 1.00 bits per heavy atom. The molecule has 2 rings (SSSR count). The third-order valence-corrected chi connectivity index (χ3v) is 6.95. The van der Waals surface area contributed by atoms with Crippen LogP contribution in [0, 0.1) is 11.6 Å². The fourth-order valence-electron chi connectivity index (χ4n) is 1.29. The van der Waals surface area contributed by atoms with Crippen LogP contribution in [0.3, 0.4) is 0 Å². The molecule has 0 saturated carbocycles. The minimum absolute atomic E-state index is 0.234. The SMILES string of the molecule is Fc1ccc(P(I)c2ccc(F)cc2)cc1. The van der Waals surface area contributed by atoms with E-state index in [0.717, 1.165) is 10.6 Å². The lowest BCUT2D eigenvalue weighted by molar-refractivity contribution is 0.628. The summed E-state index contributed by atoms with van der Waals surface area (Å²) < 4.78 is 25.5. The summed E-state index contributed by atoms with van der Waals surface area (Å²) in [5, 5.41) is 2.15. The highest BCUT2D eigenvalue weighted by molar-refractivity contribution is 14.2. The monoisotopic (exact) mass is 348 g/mol. The summed E-state index contributed by atoms with van der Waals surface area (Å²) in [4.78, 5) is 0. The van der Waals surface area contributed by atoms with Gasteiger partial charge in [-0.15, -0.1) is 0 Å². The van der Waals surface area contributed by atoms with E-state index in [4.69, 9.17) is 0 Å². The van der Waals surface area contributed by atoms with Gasteiger partial charge < -0.3 is 0 Å². The number of hydrogen-bond donors (Lipinski definition) is 0. The van der Waals surface area contributed by atoms with Crippen LogP contribution in [0.25, 0.3) is 0 Å². The molecule has 0 N–H and O–H groups in total. The Balaban J connectivity index is 2.28. The van der Waals surface area contributed by atoms with E-state index < -0.39 is 5.56 Å². The third-order valence-electron chi connectivity index (χ3n) is 2.11. The molecule has 0 aliphatic heterocycles. The molecular weight excluding hydrogens is 340 g/mol. The van der Waals surface area contributed by atoms with E-state index >= 15 is 0 Å². The van der Waals surface area contributed by atoms with Gasteiger partial charge in [-0.05, 0) is 56.9 Å². The molecule has 0 heterocycles. The van der Waals surface area contributed by atoms with Gasteiger partial charge in [-0.2, -0.15) is 0 Å². The van der Waals surface area contributed by atoms with Crippen molar-refractivity contribution < 1.29 is 8.78 Å². The molecule has 0 atom stereocenters. The van der Waals surface area contributed by atoms with Gasteiger partial charge in [-0.3, -0.25) is 0 Å². The average molecular weight is 348 g/mol. The second-order valence-electron chi connectivity index (χ2n) is 3.23. The number of rotatable bonds is 2. The van der Waals surface area contributed by atoms with Crippen LogP contribution in [0.15, 0.2) is 48.5 Å². The van der Waals surface area contributed by atoms with Gasteiger partial charge in [0.25, 0.3) is 0 Å². The van der Waals surface area contributed by atoms with Crippen molar-refractivity contribution in [2.45, 2.75) is 0 Å². The van der Waals surface area contributed by atoms with Crippen LogP contribution in [0.4, 0.5) is 8.78 Å². The molecule has 0 nitrogen and oxygen atoms in total. The zero-order valence-corrected chi connectivity index (χ0v) is 11.3. The zero-order chi connectivity index (χ0) is 11.5. The molecule has 0 spiro atoms. The Hall–Kier alpha value is -0.540. The highest BCUT2D eigenvalue weighted by Gasteiger charge is 2.09. The van der Waals surface area contributed by atoms with Gasteiger partial charge in [0.05, 0.1) is 0 Å². The van der Waals surface area contributed by atoms with E-state index in [1.807, 2.05) is 0 Å². The van der Waals surface area contributed by atoms with Gasteiger partial charge in [0.2, 0.25) is 0 Å². The van der Waals surface area contributed by atoms with Crippen LogP contribution in [0.2, 0.25) is 0 Å². The van der Waals surface area contributed by atoms with Gasteiger partial charge in [-0.25, -0.2) is 8.78 Å². The van der Waals surface area contributed by atoms with Gasteiger partial charge in [0.1, 0.15) is 11.6 Å². The van der Waals surface area contributed by atoms with E-state index in [9.17, 15) is 8.78 Å². The first-order chi connectivity index (χ1) is 7.66.